The third kappa shape index (κ3) is 9.84. The highest BCUT2D eigenvalue weighted by atomic mass is 16.5. The molecular formula is C8H20N2O2. The first kappa shape index (κ1) is 11.8. The van der Waals surface area contributed by atoms with E-state index in [1.165, 1.54) is 0 Å². The average molecular weight is 176 g/mol. The summed E-state index contributed by atoms with van der Waals surface area (Å²) in [5.41, 5.74) is 5.23. The van der Waals surface area contributed by atoms with Gasteiger partial charge in [-0.3, -0.25) is 0 Å². The molecule has 0 unspecified atom stereocenters. The summed E-state index contributed by atoms with van der Waals surface area (Å²) in [6.07, 6.45) is 1.05. The normalized spacial score (nSPS) is 10.5. The Kier molecular flexibility index (Phi) is 10.7. The molecule has 0 heterocycles. The van der Waals surface area contributed by atoms with E-state index in [0.29, 0.717) is 26.4 Å². The van der Waals surface area contributed by atoms with Gasteiger partial charge in [-0.25, -0.2) is 0 Å². The highest BCUT2D eigenvalue weighted by Crippen LogP contribution is 1.81. The molecule has 0 atom stereocenters. The molecule has 0 saturated heterocycles. The summed E-state index contributed by atoms with van der Waals surface area (Å²) in [5.74, 6) is 0. The highest BCUT2D eigenvalue weighted by Gasteiger charge is 1.88. The van der Waals surface area contributed by atoms with E-state index in [1.807, 2.05) is 7.05 Å². The van der Waals surface area contributed by atoms with Gasteiger partial charge in [-0.1, -0.05) is 0 Å². The molecule has 0 amide bonds. The van der Waals surface area contributed by atoms with Crippen LogP contribution < -0.4 is 11.1 Å². The van der Waals surface area contributed by atoms with Gasteiger partial charge in [0.05, 0.1) is 19.8 Å². The second-order valence-corrected chi connectivity index (χ2v) is 2.47. The smallest absolute Gasteiger partial charge is 0.0701 e. The lowest BCUT2D eigenvalue weighted by Crippen LogP contribution is -2.14. The fraction of sp³-hybridized carbons (Fsp3) is 1.00. The maximum Gasteiger partial charge on any atom is 0.0701 e. The van der Waals surface area contributed by atoms with Gasteiger partial charge in [-0.2, -0.15) is 0 Å². The van der Waals surface area contributed by atoms with E-state index in [2.05, 4.69) is 5.32 Å². The molecule has 0 aliphatic heterocycles. The number of nitrogens with one attached hydrogen (secondary N) is 1. The zero-order valence-electron chi connectivity index (χ0n) is 7.84. The lowest BCUT2D eigenvalue weighted by atomic mass is 10.4. The van der Waals surface area contributed by atoms with Crippen molar-refractivity contribution < 1.29 is 9.47 Å². The van der Waals surface area contributed by atoms with E-state index in [0.717, 1.165) is 19.6 Å². The first-order valence-electron chi connectivity index (χ1n) is 4.42. The SMILES string of the molecule is CNCCCOCCOCCN. The van der Waals surface area contributed by atoms with Crippen LogP contribution in [0.1, 0.15) is 6.42 Å². The summed E-state index contributed by atoms with van der Waals surface area (Å²) in [6.45, 7) is 4.33. The molecule has 0 aromatic heterocycles. The number of rotatable bonds is 9. The van der Waals surface area contributed by atoms with Crippen molar-refractivity contribution in [3.8, 4) is 0 Å². The van der Waals surface area contributed by atoms with Crippen molar-refractivity contribution in [1.82, 2.24) is 5.32 Å². The molecule has 4 heteroatoms. The van der Waals surface area contributed by atoms with Crippen molar-refractivity contribution in [2.45, 2.75) is 6.42 Å². The van der Waals surface area contributed by atoms with Crippen molar-refractivity contribution in [1.29, 1.82) is 0 Å². The lowest BCUT2D eigenvalue weighted by Gasteiger charge is -2.04. The van der Waals surface area contributed by atoms with Crippen LogP contribution in [-0.4, -0.2) is 46.6 Å². The van der Waals surface area contributed by atoms with Crippen molar-refractivity contribution in [2.24, 2.45) is 5.73 Å². The molecule has 4 nitrogen and oxygen atoms in total. The quantitative estimate of drug-likeness (QED) is 0.469. The third-order valence-electron chi connectivity index (χ3n) is 1.35. The van der Waals surface area contributed by atoms with Crippen LogP contribution in [0.3, 0.4) is 0 Å². The molecule has 12 heavy (non-hydrogen) atoms. The van der Waals surface area contributed by atoms with Crippen LogP contribution in [0.25, 0.3) is 0 Å². The van der Waals surface area contributed by atoms with Crippen LogP contribution in [0.4, 0.5) is 0 Å². The Balaban J connectivity index is 2.73. The Bertz CT molecular complexity index is 71.5. The summed E-state index contributed by atoms with van der Waals surface area (Å²) in [7, 11) is 1.93. The van der Waals surface area contributed by atoms with Crippen LogP contribution in [0, 0.1) is 0 Å². The second kappa shape index (κ2) is 10.8. The van der Waals surface area contributed by atoms with Crippen LogP contribution >= 0.6 is 0 Å². The molecule has 0 rings (SSSR count). The summed E-state index contributed by atoms with van der Waals surface area (Å²) in [4.78, 5) is 0. The van der Waals surface area contributed by atoms with Crippen LogP contribution in [-0.2, 0) is 9.47 Å². The predicted molar refractivity (Wildman–Crippen MR) is 49.2 cm³/mol. The van der Waals surface area contributed by atoms with Crippen molar-refractivity contribution in [3.63, 3.8) is 0 Å². The van der Waals surface area contributed by atoms with E-state index >= 15 is 0 Å². The number of ether oxygens (including phenoxy) is 2. The zero-order chi connectivity index (χ0) is 9.07. The Labute approximate surface area is 74.4 Å². The van der Waals surface area contributed by atoms with Crippen LogP contribution in [0.15, 0.2) is 0 Å². The van der Waals surface area contributed by atoms with Gasteiger partial charge < -0.3 is 20.5 Å². The average Bonchev–Trinajstić information content (AvgIpc) is 2.10. The summed E-state index contributed by atoms with van der Waals surface area (Å²) < 4.78 is 10.4. The number of hydrogen-bond donors (Lipinski definition) is 2. The zero-order valence-corrected chi connectivity index (χ0v) is 7.84. The van der Waals surface area contributed by atoms with E-state index in [-0.39, 0.29) is 0 Å². The van der Waals surface area contributed by atoms with Gasteiger partial charge in [-0.15, -0.1) is 0 Å². The third-order valence-corrected chi connectivity index (χ3v) is 1.35. The predicted octanol–water partition coefficient (Wildman–Crippen LogP) is -0.412. The molecule has 0 aliphatic rings. The van der Waals surface area contributed by atoms with Crippen molar-refractivity contribution >= 4 is 0 Å². The second-order valence-electron chi connectivity index (χ2n) is 2.47. The summed E-state index contributed by atoms with van der Waals surface area (Å²) in [5, 5.41) is 3.05. The Hall–Kier alpha value is -0.160. The first-order valence-corrected chi connectivity index (χ1v) is 4.42. The first-order chi connectivity index (χ1) is 5.91. The molecule has 0 spiro atoms. The standard InChI is InChI=1S/C8H20N2O2/c1-10-4-2-5-11-7-8-12-6-3-9/h10H,2-9H2,1H3. The molecule has 0 fully saturated rings. The minimum atomic E-state index is 0.583. The van der Waals surface area contributed by atoms with Gasteiger partial charge in [0, 0.05) is 13.2 Å². The van der Waals surface area contributed by atoms with Crippen LogP contribution in [0.2, 0.25) is 0 Å². The number of nitrogens with two attached hydrogens (primary N) is 1. The maximum absolute atomic E-state index is 5.28. The van der Waals surface area contributed by atoms with Gasteiger partial charge in [0.25, 0.3) is 0 Å². The molecule has 3 N–H and O–H groups in total. The maximum atomic E-state index is 5.28. The molecular weight excluding hydrogens is 156 g/mol. The molecule has 0 aromatic carbocycles. The van der Waals surface area contributed by atoms with Gasteiger partial charge in [0.15, 0.2) is 0 Å². The van der Waals surface area contributed by atoms with Gasteiger partial charge in [0.2, 0.25) is 0 Å². The van der Waals surface area contributed by atoms with E-state index in [9.17, 15) is 0 Å². The summed E-state index contributed by atoms with van der Waals surface area (Å²) in [6, 6.07) is 0. The van der Waals surface area contributed by atoms with E-state index < -0.39 is 0 Å². The topological polar surface area (TPSA) is 56.5 Å². The molecule has 0 aromatic rings. The molecule has 0 aliphatic carbocycles. The van der Waals surface area contributed by atoms with Gasteiger partial charge >= 0.3 is 0 Å². The van der Waals surface area contributed by atoms with E-state index in [1.54, 1.807) is 0 Å². The summed E-state index contributed by atoms with van der Waals surface area (Å²) >= 11 is 0. The molecule has 0 saturated carbocycles. The Morgan fingerprint density at radius 2 is 1.75 bits per heavy atom. The number of hydrogen-bond acceptors (Lipinski definition) is 4. The fourth-order valence-corrected chi connectivity index (χ4v) is 0.756. The van der Waals surface area contributed by atoms with Gasteiger partial charge in [-0.05, 0) is 20.0 Å². The van der Waals surface area contributed by atoms with E-state index in [4.69, 9.17) is 15.2 Å². The highest BCUT2D eigenvalue weighted by molar-refractivity contribution is 4.39. The monoisotopic (exact) mass is 176 g/mol. The largest absolute Gasteiger partial charge is 0.379 e. The Morgan fingerprint density at radius 1 is 1.08 bits per heavy atom. The molecule has 0 bridgehead atoms. The van der Waals surface area contributed by atoms with Crippen LogP contribution in [0.5, 0.6) is 0 Å². The minimum absolute atomic E-state index is 0.583. The van der Waals surface area contributed by atoms with Gasteiger partial charge in [0.1, 0.15) is 0 Å². The molecule has 0 radical (unpaired) electrons. The van der Waals surface area contributed by atoms with Crippen molar-refractivity contribution in [3.05, 3.63) is 0 Å². The lowest BCUT2D eigenvalue weighted by molar-refractivity contribution is 0.0500. The van der Waals surface area contributed by atoms with Crippen molar-refractivity contribution in [2.75, 3.05) is 46.6 Å². The fourth-order valence-electron chi connectivity index (χ4n) is 0.756. The Morgan fingerprint density at radius 3 is 2.33 bits per heavy atom. The minimum Gasteiger partial charge on any atom is -0.379 e. The molecule has 74 valence electrons.